The summed E-state index contributed by atoms with van der Waals surface area (Å²) < 4.78 is 27.7. The van der Waals surface area contributed by atoms with Crippen LogP contribution in [0, 0.1) is 0 Å². The first-order valence-electron chi connectivity index (χ1n) is 8.37. The third-order valence-corrected chi connectivity index (χ3v) is 6.89. The quantitative estimate of drug-likeness (QED) is 0.547. The summed E-state index contributed by atoms with van der Waals surface area (Å²) in [4.78, 5) is 12.3. The maximum Gasteiger partial charge on any atom is 0.270 e. The Kier molecular flexibility index (Phi) is 6.40. The van der Waals surface area contributed by atoms with Gasteiger partial charge >= 0.3 is 0 Å². The van der Waals surface area contributed by atoms with Crippen LogP contribution in [0.1, 0.15) is 35.3 Å². The summed E-state index contributed by atoms with van der Waals surface area (Å²) >= 11 is 6.76. The third kappa shape index (κ3) is 4.74. The molecule has 3 aromatic rings. The van der Waals surface area contributed by atoms with Crippen LogP contribution in [0.4, 0.5) is 5.13 Å². The van der Waals surface area contributed by atoms with Crippen molar-refractivity contribution in [1.29, 1.82) is 0 Å². The van der Waals surface area contributed by atoms with Gasteiger partial charge in [-0.25, -0.2) is 13.1 Å². The predicted molar refractivity (Wildman–Crippen MR) is 109 cm³/mol. The molecule has 3 rings (SSSR count). The summed E-state index contributed by atoms with van der Waals surface area (Å²) in [5, 5.41) is 10.3. The smallest absolute Gasteiger partial charge is 0.270 e. The van der Waals surface area contributed by atoms with E-state index in [2.05, 4.69) is 20.2 Å². The first-order valence-corrected chi connectivity index (χ1v) is 11.0. The Labute approximate surface area is 171 Å². The molecule has 0 bridgehead atoms. The number of benzene rings is 2. The van der Waals surface area contributed by atoms with Gasteiger partial charge in [0.05, 0.1) is 10.6 Å². The molecule has 10 heteroatoms. The molecule has 0 aliphatic rings. The largest absolute Gasteiger partial charge is 0.296 e. The van der Waals surface area contributed by atoms with Gasteiger partial charge in [-0.3, -0.25) is 10.1 Å². The van der Waals surface area contributed by atoms with Crippen molar-refractivity contribution < 1.29 is 13.2 Å². The summed E-state index contributed by atoms with van der Waals surface area (Å²) in [6, 6.07) is 15.4. The van der Waals surface area contributed by atoms with Crippen LogP contribution in [0.2, 0.25) is 5.02 Å². The van der Waals surface area contributed by atoms with Gasteiger partial charge in [0.25, 0.3) is 15.9 Å². The number of sulfonamides is 1. The van der Waals surface area contributed by atoms with Crippen LogP contribution in [0.5, 0.6) is 0 Å². The van der Waals surface area contributed by atoms with E-state index in [-0.39, 0.29) is 20.1 Å². The number of carbonyl (C=O) groups is 1. The molecule has 0 saturated carbocycles. The molecule has 1 aromatic heterocycles. The summed E-state index contributed by atoms with van der Waals surface area (Å²) in [5.41, 5.74) is 1.11. The fourth-order valence-corrected chi connectivity index (χ4v) is 4.93. The van der Waals surface area contributed by atoms with Gasteiger partial charge < -0.3 is 0 Å². The highest BCUT2D eigenvalue weighted by molar-refractivity contribution is 7.91. The van der Waals surface area contributed by atoms with E-state index in [9.17, 15) is 13.2 Å². The molecule has 0 saturated heterocycles. The van der Waals surface area contributed by atoms with Gasteiger partial charge in [0.1, 0.15) is 0 Å². The zero-order chi connectivity index (χ0) is 20.1. The molecule has 0 aliphatic carbocycles. The van der Waals surface area contributed by atoms with E-state index in [4.69, 9.17) is 11.6 Å². The van der Waals surface area contributed by atoms with Gasteiger partial charge in [-0.2, -0.15) is 0 Å². The summed E-state index contributed by atoms with van der Waals surface area (Å²) in [7, 11) is -3.89. The number of anilines is 1. The van der Waals surface area contributed by atoms with Crippen molar-refractivity contribution in [2.45, 2.75) is 23.7 Å². The van der Waals surface area contributed by atoms with E-state index >= 15 is 0 Å². The average Bonchev–Trinajstić information content (AvgIpc) is 3.16. The molecule has 1 heterocycles. The Morgan fingerprint density at radius 2 is 1.79 bits per heavy atom. The van der Waals surface area contributed by atoms with Gasteiger partial charge in [-0.15, -0.1) is 10.2 Å². The summed E-state index contributed by atoms with van der Waals surface area (Å²) in [6.45, 7) is 1.88. The van der Waals surface area contributed by atoms with E-state index < -0.39 is 22.0 Å². The van der Waals surface area contributed by atoms with Crippen molar-refractivity contribution in [3.05, 3.63) is 70.7 Å². The highest BCUT2D eigenvalue weighted by Gasteiger charge is 2.25. The average molecular weight is 437 g/mol. The predicted octanol–water partition coefficient (Wildman–Crippen LogP) is 3.87. The monoisotopic (exact) mass is 436 g/mol. The van der Waals surface area contributed by atoms with E-state index in [1.165, 1.54) is 0 Å². The zero-order valence-corrected chi connectivity index (χ0v) is 17.2. The minimum atomic E-state index is -3.89. The number of amides is 1. The fraction of sp³-hybridized carbons (Fsp3) is 0.167. The SMILES string of the molecule is CC[C@H](NS(=O)(=O)c1nnc(NC(=O)c2ccccc2Cl)s1)c1ccccc1. The van der Waals surface area contributed by atoms with Gasteiger partial charge in [-0.1, -0.05) is 72.3 Å². The Morgan fingerprint density at radius 3 is 2.46 bits per heavy atom. The lowest BCUT2D eigenvalue weighted by Gasteiger charge is -2.16. The lowest BCUT2D eigenvalue weighted by atomic mass is 10.1. The Morgan fingerprint density at radius 1 is 1.11 bits per heavy atom. The summed E-state index contributed by atoms with van der Waals surface area (Å²) in [6.07, 6.45) is 0.568. The van der Waals surface area contributed by atoms with Gasteiger partial charge in [-0.05, 0) is 24.1 Å². The number of halogens is 1. The number of nitrogens with one attached hydrogen (secondary N) is 2. The molecule has 0 fully saturated rings. The first-order chi connectivity index (χ1) is 13.4. The minimum absolute atomic E-state index is 0.0676. The Hall–Kier alpha value is -2.33. The number of hydrogen-bond donors (Lipinski definition) is 2. The second kappa shape index (κ2) is 8.78. The maximum atomic E-state index is 12.7. The van der Waals surface area contributed by atoms with Crippen molar-refractivity contribution in [2.75, 3.05) is 5.32 Å². The Balaban J connectivity index is 1.75. The van der Waals surface area contributed by atoms with Crippen LogP contribution in [0.25, 0.3) is 0 Å². The van der Waals surface area contributed by atoms with Crippen molar-refractivity contribution in [1.82, 2.24) is 14.9 Å². The number of carbonyl (C=O) groups excluding carboxylic acids is 1. The van der Waals surface area contributed by atoms with E-state index in [0.717, 1.165) is 16.9 Å². The van der Waals surface area contributed by atoms with Gasteiger partial charge in [0.15, 0.2) is 0 Å². The second-order valence-corrected chi connectivity index (χ2v) is 9.07. The molecule has 0 radical (unpaired) electrons. The van der Waals surface area contributed by atoms with Crippen LogP contribution in [-0.4, -0.2) is 24.5 Å². The molecule has 2 N–H and O–H groups in total. The normalized spacial score (nSPS) is 12.5. The molecule has 1 amide bonds. The second-order valence-electron chi connectivity index (χ2n) is 5.80. The first kappa shape index (κ1) is 20.4. The number of rotatable bonds is 7. The standard InChI is InChI=1S/C18H17ClN4O3S2/c1-2-15(12-8-4-3-5-9-12)23-28(25,26)18-22-21-17(27-18)20-16(24)13-10-6-7-11-14(13)19/h3-11,15,23H,2H2,1H3,(H,20,21,24)/t15-/m0/s1. The fourth-order valence-electron chi connectivity index (χ4n) is 2.49. The van der Waals surface area contributed by atoms with Crippen molar-refractivity contribution in [2.24, 2.45) is 0 Å². The highest BCUT2D eigenvalue weighted by Crippen LogP contribution is 2.25. The number of nitrogens with zero attached hydrogens (tertiary/aromatic N) is 2. The van der Waals surface area contributed by atoms with Crippen LogP contribution in [-0.2, 0) is 10.0 Å². The van der Waals surface area contributed by atoms with Crippen LogP contribution in [0.15, 0.2) is 58.9 Å². The molecule has 146 valence electrons. The number of hydrogen-bond acceptors (Lipinski definition) is 6. The molecular weight excluding hydrogens is 420 g/mol. The van der Waals surface area contributed by atoms with Gasteiger partial charge in [0.2, 0.25) is 9.47 Å². The number of aromatic nitrogens is 2. The van der Waals surface area contributed by atoms with Crippen molar-refractivity contribution in [3.8, 4) is 0 Å². The lowest BCUT2D eigenvalue weighted by molar-refractivity contribution is 0.102. The Bertz CT molecular complexity index is 1070. The van der Waals surface area contributed by atoms with Gasteiger partial charge in [0, 0.05) is 6.04 Å². The van der Waals surface area contributed by atoms with Crippen LogP contribution >= 0.6 is 22.9 Å². The third-order valence-electron chi connectivity index (χ3n) is 3.88. The zero-order valence-electron chi connectivity index (χ0n) is 14.8. The van der Waals surface area contributed by atoms with Crippen molar-refractivity contribution in [3.63, 3.8) is 0 Å². The molecule has 1 atom stereocenters. The van der Waals surface area contributed by atoms with Crippen LogP contribution < -0.4 is 10.0 Å². The molecule has 0 spiro atoms. The molecule has 0 unspecified atom stereocenters. The van der Waals surface area contributed by atoms with E-state index in [1.807, 2.05) is 37.3 Å². The molecule has 2 aromatic carbocycles. The maximum absolute atomic E-state index is 12.7. The molecule has 7 nitrogen and oxygen atoms in total. The molecular formula is C18H17ClN4O3S2. The van der Waals surface area contributed by atoms with E-state index in [0.29, 0.717) is 6.42 Å². The van der Waals surface area contributed by atoms with Crippen LogP contribution in [0.3, 0.4) is 0 Å². The minimum Gasteiger partial charge on any atom is -0.296 e. The topological polar surface area (TPSA) is 101 Å². The van der Waals surface area contributed by atoms with E-state index in [1.54, 1.807) is 24.3 Å². The van der Waals surface area contributed by atoms with Crippen molar-refractivity contribution >= 4 is 44.0 Å². The lowest BCUT2D eigenvalue weighted by Crippen LogP contribution is -2.28. The molecule has 0 aliphatic heterocycles. The highest BCUT2D eigenvalue weighted by atomic mass is 35.5. The summed E-state index contributed by atoms with van der Waals surface area (Å²) in [5.74, 6) is -0.491. The molecule has 28 heavy (non-hydrogen) atoms.